The van der Waals surface area contributed by atoms with Gasteiger partial charge in [0.15, 0.2) is 5.78 Å². The zero-order chi connectivity index (χ0) is 16.0. The summed E-state index contributed by atoms with van der Waals surface area (Å²) in [6.45, 7) is 5.42. The molecule has 0 saturated heterocycles. The molecule has 0 aliphatic rings. The van der Waals surface area contributed by atoms with E-state index in [2.05, 4.69) is 5.32 Å². The molecule has 5 heteroatoms. The lowest BCUT2D eigenvalue weighted by molar-refractivity contribution is -0.140. The standard InChI is InChI=1S/C16H21NO4/c1-4-10(3)14(16(20)21)17-15(19)12-8-6-11(7-9-12)13(18)5-2/h6-10,14H,4-5H2,1-3H3,(H,17,19)(H,20,21)/t10-,14-/m0/s1. The maximum Gasteiger partial charge on any atom is 0.326 e. The van der Waals surface area contributed by atoms with Crippen LogP contribution in [-0.4, -0.2) is 28.8 Å². The third-order valence-electron chi connectivity index (χ3n) is 3.56. The monoisotopic (exact) mass is 291 g/mol. The molecule has 0 fully saturated rings. The summed E-state index contributed by atoms with van der Waals surface area (Å²) < 4.78 is 0. The Morgan fingerprint density at radius 3 is 2.05 bits per heavy atom. The first-order chi connectivity index (χ1) is 9.90. The normalized spacial score (nSPS) is 13.3. The van der Waals surface area contributed by atoms with E-state index in [1.165, 1.54) is 12.1 Å². The van der Waals surface area contributed by atoms with E-state index in [9.17, 15) is 14.4 Å². The second kappa shape index (κ2) is 7.57. The van der Waals surface area contributed by atoms with Crippen LogP contribution in [0.5, 0.6) is 0 Å². The molecule has 2 N–H and O–H groups in total. The molecule has 0 heterocycles. The van der Waals surface area contributed by atoms with E-state index in [1.807, 2.05) is 6.92 Å². The maximum atomic E-state index is 12.1. The number of carbonyl (C=O) groups is 3. The minimum atomic E-state index is -1.05. The van der Waals surface area contributed by atoms with Crippen LogP contribution < -0.4 is 5.32 Å². The van der Waals surface area contributed by atoms with Crippen LogP contribution >= 0.6 is 0 Å². The largest absolute Gasteiger partial charge is 0.480 e. The van der Waals surface area contributed by atoms with E-state index in [0.29, 0.717) is 24.0 Å². The van der Waals surface area contributed by atoms with Crippen molar-refractivity contribution in [1.82, 2.24) is 5.32 Å². The Kier molecular flexibility index (Phi) is 6.09. The van der Waals surface area contributed by atoms with Crippen molar-refractivity contribution >= 4 is 17.7 Å². The van der Waals surface area contributed by atoms with Crippen LogP contribution in [0.25, 0.3) is 0 Å². The number of hydrogen-bond acceptors (Lipinski definition) is 3. The molecule has 1 aromatic rings. The highest BCUT2D eigenvalue weighted by atomic mass is 16.4. The van der Waals surface area contributed by atoms with Gasteiger partial charge in [-0.05, 0) is 18.1 Å². The third-order valence-corrected chi connectivity index (χ3v) is 3.56. The summed E-state index contributed by atoms with van der Waals surface area (Å²) in [6, 6.07) is 5.32. The van der Waals surface area contributed by atoms with Crippen molar-refractivity contribution < 1.29 is 19.5 Å². The molecule has 5 nitrogen and oxygen atoms in total. The average molecular weight is 291 g/mol. The molecule has 114 valence electrons. The maximum absolute atomic E-state index is 12.1. The first-order valence-corrected chi connectivity index (χ1v) is 7.07. The molecule has 0 bridgehead atoms. The first kappa shape index (κ1) is 16.9. The molecule has 0 unspecified atom stereocenters. The molecule has 1 amide bonds. The van der Waals surface area contributed by atoms with E-state index in [4.69, 9.17) is 5.11 Å². The van der Waals surface area contributed by atoms with Crippen molar-refractivity contribution in [2.45, 2.75) is 39.7 Å². The van der Waals surface area contributed by atoms with Crippen molar-refractivity contribution in [1.29, 1.82) is 0 Å². The van der Waals surface area contributed by atoms with Crippen molar-refractivity contribution in [2.75, 3.05) is 0 Å². The zero-order valence-electron chi connectivity index (χ0n) is 12.6. The van der Waals surface area contributed by atoms with Crippen molar-refractivity contribution in [3.63, 3.8) is 0 Å². The molecule has 1 rings (SSSR count). The summed E-state index contributed by atoms with van der Waals surface area (Å²) in [5.74, 6) is -1.65. The van der Waals surface area contributed by atoms with E-state index in [-0.39, 0.29) is 11.7 Å². The molecular formula is C16H21NO4. The van der Waals surface area contributed by atoms with E-state index < -0.39 is 17.9 Å². The number of carboxylic acids is 1. The van der Waals surface area contributed by atoms with Gasteiger partial charge in [-0.25, -0.2) is 4.79 Å². The van der Waals surface area contributed by atoms with Crippen LogP contribution in [0.2, 0.25) is 0 Å². The molecule has 0 aliphatic heterocycles. The van der Waals surface area contributed by atoms with Crippen LogP contribution in [0, 0.1) is 5.92 Å². The Morgan fingerprint density at radius 2 is 1.62 bits per heavy atom. The smallest absolute Gasteiger partial charge is 0.326 e. The van der Waals surface area contributed by atoms with Crippen LogP contribution in [0.15, 0.2) is 24.3 Å². The average Bonchev–Trinajstić information content (AvgIpc) is 2.50. The van der Waals surface area contributed by atoms with Crippen molar-refractivity contribution in [3.05, 3.63) is 35.4 Å². The predicted octanol–water partition coefficient (Wildman–Crippen LogP) is 2.51. The number of hydrogen-bond donors (Lipinski definition) is 2. The number of ketones is 1. The summed E-state index contributed by atoms with van der Waals surface area (Å²) in [5.41, 5.74) is 0.892. The molecule has 0 radical (unpaired) electrons. The van der Waals surface area contributed by atoms with Crippen LogP contribution in [0.3, 0.4) is 0 Å². The summed E-state index contributed by atoms with van der Waals surface area (Å²) in [4.78, 5) is 34.8. The Labute approximate surface area is 124 Å². The molecule has 0 saturated carbocycles. The third kappa shape index (κ3) is 4.41. The number of carboxylic acid groups (broad SMARTS) is 1. The second-order valence-electron chi connectivity index (χ2n) is 5.03. The molecule has 0 spiro atoms. The number of rotatable bonds is 7. The molecule has 21 heavy (non-hydrogen) atoms. The van der Waals surface area contributed by atoms with Gasteiger partial charge in [0.2, 0.25) is 0 Å². The predicted molar refractivity (Wildman–Crippen MR) is 79.4 cm³/mol. The minimum Gasteiger partial charge on any atom is -0.480 e. The van der Waals surface area contributed by atoms with Gasteiger partial charge in [0, 0.05) is 17.5 Å². The highest BCUT2D eigenvalue weighted by Crippen LogP contribution is 2.11. The highest BCUT2D eigenvalue weighted by molar-refractivity contribution is 5.99. The summed E-state index contributed by atoms with van der Waals surface area (Å²) in [5, 5.41) is 11.7. The number of carbonyl (C=O) groups excluding carboxylic acids is 2. The lowest BCUT2D eigenvalue weighted by Gasteiger charge is -2.20. The highest BCUT2D eigenvalue weighted by Gasteiger charge is 2.25. The van der Waals surface area contributed by atoms with Crippen LogP contribution in [-0.2, 0) is 4.79 Å². The minimum absolute atomic E-state index is 0.00461. The molecule has 0 aliphatic carbocycles. The van der Waals surface area contributed by atoms with E-state index >= 15 is 0 Å². The van der Waals surface area contributed by atoms with Crippen LogP contribution in [0.4, 0.5) is 0 Å². The summed E-state index contributed by atoms with van der Waals surface area (Å²) >= 11 is 0. The topological polar surface area (TPSA) is 83.5 Å². The number of nitrogens with one attached hydrogen (secondary N) is 1. The number of Topliss-reactive ketones (excluding diaryl/α,β-unsaturated/α-hetero) is 1. The van der Waals surface area contributed by atoms with E-state index in [0.717, 1.165) is 0 Å². The van der Waals surface area contributed by atoms with Gasteiger partial charge in [-0.2, -0.15) is 0 Å². The molecular weight excluding hydrogens is 270 g/mol. The number of benzene rings is 1. The second-order valence-corrected chi connectivity index (χ2v) is 5.03. The SMILES string of the molecule is CCC(=O)c1ccc(C(=O)N[C@H](C(=O)O)[C@@H](C)CC)cc1. The van der Waals surface area contributed by atoms with Crippen molar-refractivity contribution in [3.8, 4) is 0 Å². The van der Waals surface area contributed by atoms with Gasteiger partial charge in [0.1, 0.15) is 6.04 Å². The van der Waals surface area contributed by atoms with Crippen LogP contribution in [0.1, 0.15) is 54.3 Å². The quantitative estimate of drug-likeness (QED) is 0.756. The fraction of sp³-hybridized carbons (Fsp3) is 0.438. The molecule has 0 aromatic heterocycles. The Balaban J connectivity index is 2.83. The Hall–Kier alpha value is -2.17. The van der Waals surface area contributed by atoms with Gasteiger partial charge in [0.25, 0.3) is 5.91 Å². The summed E-state index contributed by atoms with van der Waals surface area (Å²) in [7, 11) is 0. The number of aliphatic carboxylic acids is 1. The van der Waals surface area contributed by atoms with Crippen molar-refractivity contribution in [2.24, 2.45) is 5.92 Å². The fourth-order valence-corrected chi connectivity index (χ4v) is 1.92. The van der Waals surface area contributed by atoms with Gasteiger partial charge in [-0.3, -0.25) is 9.59 Å². The van der Waals surface area contributed by atoms with Gasteiger partial charge >= 0.3 is 5.97 Å². The Morgan fingerprint density at radius 1 is 1.10 bits per heavy atom. The van der Waals surface area contributed by atoms with Gasteiger partial charge < -0.3 is 10.4 Å². The lowest BCUT2D eigenvalue weighted by atomic mass is 9.98. The van der Waals surface area contributed by atoms with Gasteiger partial charge in [0.05, 0.1) is 0 Å². The van der Waals surface area contributed by atoms with E-state index in [1.54, 1.807) is 26.0 Å². The first-order valence-electron chi connectivity index (χ1n) is 7.07. The van der Waals surface area contributed by atoms with Gasteiger partial charge in [-0.1, -0.05) is 39.3 Å². The fourth-order valence-electron chi connectivity index (χ4n) is 1.92. The number of amides is 1. The Bertz CT molecular complexity index is 522. The summed E-state index contributed by atoms with van der Waals surface area (Å²) in [6.07, 6.45) is 1.06. The zero-order valence-corrected chi connectivity index (χ0v) is 12.6. The van der Waals surface area contributed by atoms with Gasteiger partial charge in [-0.15, -0.1) is 0 Å². The molecule has 2 atom stereocenters. The lowest BCUT2D eigenvalue weighted by Crippen LogP contribution is -2.45. The molecule has 1 aromatic carbocycles.